The number of halogens is 1. The monoisotopic (exact) mass is 316 g/mol. The van der Waals surface area contributed by atoms with E-state index in [1.165, 1.54) is 0 Å². The van der Waals surface area contributed by atoms with Crippen LogP contribution in [0.1, 0.15) is 34.6 Å². The van der Waals surface area contributed by atoms with Crippen molar-refractivity contribution in [2.24, 2.45) is 0 Å². The van der Waals surface area contributed by atoms with E-state index in [9.17, 15) is 4.79 Å². The Hall–Kier alpha value is -1.23. The molecule has 0 amide bonds. The number of carbonyl (C=O) groups is 1. The van der Waals surface area contributed by atoms with Crippen LogP contribution in [0.2, 0.25) is 0 Å². The van der Waals surface area contributed by atoms with Gasteiger partial charge in [0.15, 0.2) is 11.5 Å². The fourth-order valence-electron chi connectivity index (χ4n) is 1.73. The summed E-state index contributed by atoms with van der Waals surface area (Å²) in [5.41, 5.74) is 1.22. The summed E-state index contributed by atoms with van der Waals surface area (Å²) in [6, 6.07) is 3.39. The minimum absolute atomic E-state index is 0.0537. The van der Waals surface area contributed by atoms with E-state index in [-0.39, 0.29) is 10.8 Å². The van der Waals surface area contributed by atoms with Crippen molar-refractivity contribution in [3.05, 3.63) is 23.3 Å². The Morgan fingerprint density at radius 1 is 1.33 bits per heavy atom. The van der Waals surface area contributed by atoms with Gasteiger partial charge in [-0.2, -0.15) is 0 Å². The molecule has 0 radical (unpaired) electrons. The van der Waals surface area contributed by atoms with Gasteiger partial charge < -0.3 is 14.2 Å². The van der Waals surface area contributed by atoms with E-state index in [0.717, 1.165) is 5.56 Å². The van der Waals surface area contributed by atoms with Crippen molar-refractivity contribution in [3.63, 3.8) is 0 Å². The number of alkyl halides is 1. The predicted octanol–water partition coefficient (Wildman–Crippen LogP) is 3.34. The first-order chi connectivity index (χ1) is 8.56. The first-order valence-electron chi connectivity index (χ1n) is 5.62. The van der Waals surface area contributed by atoms with Gasteiger partial charge in [0.1, 0.15) is 0 Å². The average molecular weight is 317 g/mol. The molecule has 0 aliphatic carbocycles. The van der Waals surface area contributed by atoms with Gasteiger partial charge in [0.05, 0.1) is 26.4 Å². The van der Waals surface area contributed by atoms with Crippen molar-refractivity contribution in [2.75, 3.05) is 20.8 Å². The van der Waals surface area contributed by atoms with E-state index in [1.807, 2.05) is 6.92 Å². The molecule has 1 aromatic carbocycles. The van der Waals surface area contributed by atoms with E-state index in [1.54, 1.807) is 33.3 Å². The Labute approximate surface area is 115 Å². The summed E-state index contributed by atoms with van der Waals surface area (Å²) >= 11 is 3.46. The van der Waals surface area contributed by atoms with Crippen LogP contribution in [-0.4, -0.2) is 26.8 Å². The van der Waals surface area contributed by atoms with Crippen molar-refractivity contribution in [1.82, 2.24) is 0 Å². The second-order valence-electron chi connectivity index (χ2n) is 3.60. The summed E-state index contributed by atoms with van der Waals surface area (Å²) in [5, 5.41) is 0. The Kier molecular flexibility index (Phi) is 5.47. The molecule has 5 heteroatoms. The van der Waals surface area contributed by atoms with Gasteiger partial charge in [-0.05, 0) is 26.0 Å². The van der Waals surface area contributed by atoms with Crippen molar-refractivity contribution in [3.8, 4) is 11.5 Å². The highest BCUT2D eigenvalue weighted by Crippen LogP contribution is 2.40. The Bertz CT molecular complexity index is 429. The molecule has 0 aliphatic rings. The zero-order chi connectivity index (χ0) is 13.7. The second kappa shape index (κ2) is 6.64. The number of hydrogen-bond acceptors (Lipinski definition) is 4. The highest BCUT2D eigenvalue weighted by atomic mass is 79.9. The summed E-state index contributed by atoms with van der Waals surface area (Å²) in [4.78, 5) is 11.8. The zero-order valence-corrected chi connectivity index (χ0v) is 12.5. The number of methoxy groups -OCH3 is 2. The number of ether oxygens (including phenoxy) is 3. The van der Waals surface area contributed by atoms with Crippen LogP contribution in [-0.2, 0) is 4.74 Å². The predicted molar refractivity (Wildman–Crippen MR) is 72.8 cm³/mol. The summed E-state index contributed by atoms with van der Waals surface area (Å²) in [5.74, 6) is 0.777. The van der Waals surface area contributed by atoms with E-state index < -0.39 is 0 Å². The minimum atomic E-state index is -0.361. The third-order valence-electron chi connectivity index (χ3n) is 2.48. The van der Waals surface area contributed by atoms with Crippen LogP contribution in [0, 0.1) is 0 Å². The average Bonchev–Trinajstić information content (AvgIpc) is 2.36. The Balaban J connectivity index is 3.39. The summed E-state index contributed by atoms with van der Waals surface area (Å²) in [6.45, 7) is 4.03. The molecule has 1 unspecified atom stereocenters. The highest BCUT2D eigenvalue weighted by Gasteiger charge is 2.23. The second-order valence-corrected chi connectivity index (χ2v) is 4.97. The van der Waals surface area contributed by atoms with Crippen molar-refractivity contribution < 1.29 is 19.0 Å². The molecule has 0 N–H and O–H groups in total. The van der Waals surface area contributed by atoms with Crippen LogP contribution in [0.15, 0.2) is 12.1 Å². The SMILES string of the molecule is CCOC(=O)c1ccc(OC)c(OC)c1C(C)Br. The fraction of sp³-hybridized carbons (Fsp3) is 0.462. The maximum Gasteiger partial charge on any atom is 0.338 e. The maximum atomic E-state index is 11.9. The fourth-order valence-corrected chi connectivity index (χ4v) is 2.19. The van der Waals surface area contributed by atoms with Gasteiger partial charge in [-0.25, -0.2) is 4.79 Å². The van der Waals surface area contributed by atoms with Crippen molar-refractivity contribution >= 4 is 21.9 Å². The first-order valence-corrected chi connectivity index (χ1v) is 6.54. The first kappa shape index (κ1) is 14.8. The number of benzene rings is 1. The minimum Gasteiger partial charge on any atom is -0.493 e. The largest absolute Gasteiger partial charge is 0.493 e. The third kappa shape index (κ3) is 2.96. The standard InChI is InChI=1S/C13H17BrO4/c1-5-18-13(15)9-6-7-10(16-3)12(17-4)11(9)8(2)14/h6-8H,5H2,1-4H3. The third-order valence-corrected chi connectivity index (χ3v) is 2.93. The van der Waals surface area contributed by atoms with Crippen molar-refractivity contribution in [1.29, 1.82) is 0 Å². The van der Waals surface area contributed by atoms with Gasteiger partial charge in [-0.15, -0.1) is 0 Å². The summed E-state index contributed by atoms with van der Waals surface area (Å²) in [7, 11) is 3.11. The van der Waals surface area contributed by atoms with Gasteiger partial charge in [0, 0.05) is 10.4 Å². The summed E-state index contributed by atoms with van der Waals surface area (Å²) < 4.78 is 15.6. The molecular weight excluding hydrogens is 300 g/mol. The lowest BCUT2D eigenvalue weighted by Gasteiger charge is -2.17. The van der Waals surface area contributed by atoms with E-state index in [2.05, 4.69) is 15.9 Å². The lowest BCUT2D eigenvalue weighted by atomic mass is 10.0. The molecule has 1 atom stereocenters. The van der Waals surface area contributed by atoms with Crippen LogP contribution in [0.4, 0.5) is 0 Å². The van der Waals surface area contributed by atoms with Gasteiger partial charge in [-0.1, -0.05) is 15.9 Å². The molecule has 0 saturated carbocycles. The van der Waals surface area contributed by atoms with Crippen LogP contribution >= 0.6 is 15.9 Å². The van der Waals surface area contributed by atoms with Gasteiger partial charge in [-0.3, -0.25) is 0 Å². The maximum absolute atomic E-state index is 11.9. The summed E-state index contributed by atoms with van der Waals surface area (Å²) in [6.07, 6.45) is 0. The van der Waals surface area contributed by atoms with Gasteiger partial charge in [0.2, 0.25) is 0 Å². The molecule has 100 valence electrons. The van der Waals surface area contributed by atoms with Gasteiger partial charge in [0.25, 0.3) is 0 Å². The van der Waals surface area contributed by atoms with Gasteiger partial charge >= 0.3 is 5.97 Å². The van der Waals surface area contributed by atoms with E-state index in [0.29, 0.717) is 23.7 Å². The smallest absolute Gasteiger partial charge is 0.338 e. The van der Waals surface area contributed by atoms with E-state index >= 15 is 0 Å². The topological polar surface area (TPSA) is 44.8 Å². The number of hydrogen-bond donors (Lipinski definition) is 0. The molecule has 0 fully saturated rings. The molecule has 0 bridgehead atoms. The molecule has 0 saturated heterocycles. The van der Waals surface area contributed by atoms with Crippen LogP contribution in [0.25, 0.3) is 0 Å². The molecule has 0 aliphatic heterocycles. The molecule has 18 heavy (non-hydrogen) atoms. The van der Waals surface area contributed by atoms with Crippen molar-refractivity contribution in [2.45, 2.75) is 18.7 Å². The molecule has 0 aromatic heterocycles. The van der Waals surface area contributed by atoms with Crippen LogP contribution in [0.3, 0.4) is 0 Å². The normalized spacial score (nSPS) is 11.8. The Morgan fingerprint density at radius 3 is 2.44 bits per heavy atom. The highest BCUT2D eigenvalue weighted by molar-refractivity contribution is 9.09. The lowest BCUT2D eigenvalue weighted by molar-refractivity contribution is 0.0524. The zero-order valence-electron chi connectivity index (χ0n) is 11.0. The molecule has 1 rings (SSSR count). The number of carbonyl (C=O) groups excluding carboxylic acids is 1. The molecule has 0 spiro atoms. The van der Waals surface area contributed by atoms with Crippen LogP contribution < -0.4 is 9.47 Å². The molecular formula is C13H17BrO4. The lowest BCUT2D eigenvalue weighted by Crippen LogP contribution is -2.10. The van der Waals surface area contributed by atoms with E-state index in [4.69, 9.17) is 14.2 Å². The molecule has 1 aromatic rings. The van der Waals surface area contributed by atoms with Crippen LogP contribution in [0.5, 0.6) is 11.5 Å². The number of esters is 1. The molecule has 0 heterocycles. The number of rotatable bonds is 5. The molecule has 4 nitrogen and oxygen atoms in total. The Morgan fingerprint density at radius 2 is 2.00 bits per heavy atom. The quantitative estimate of drug-likeness (QED) is 0.617.